The van der Waals surface area contributed by atoms with E-state index in [-0.39, 0.29) is 0 Å². The van der Waals surface area contributed by atoms with Crippen LogP contribution in [0.3, 0.4) is 0 Å². The SMILES string of the molecule is Cc1cccc(C)[n+]1CCCC[n+]1c(C)cccc1C. The number of pyridine rings is 2. The van der Waals surface area contributed by atoms with E-state index in [2.05, 4.69) is 73.2 Å². The van der Waals surface area contributed by atoms with Crippen LogP contribution in [0.25, 0.3) is 0 Å². The van der Waals surface area contributed by atoms with Crippen LogP contribution in [0.5, 0.6) is 0 Å². The highest BCUT2D eigenvalue weighted by Crippen LogP contribution is 1.99. The lowest BCUT2D eigenvalue weighted by Gasteiger charge is -2.05. The van der Waals surface area contributed by atoms with Gasteiger partial charge in [-0.15, -0.1) is 0 Å². The van der Waals surface area contributed by atoms with E-state index in [1.807, 2.05) is 0 Å². The first kappa shape index (κ1) is 14.7. The minimum atomic E-state index is 1.12. The van der Waals surface area contributed by atoms with E-state index in [1.165, 1.54) is 35.6 Å². The van der Waals surface area contributed by atoms with Crippen molar-refractivity contribution in [1.29, 1.82) is 0 Å². The molecule has 0 atom stereocenters. The summed E-state index contributed by atoms with van der Waals surface area (Å²) in [5.41, 5.74) is 5.41. The number of aryl methyl sites for hydroxylation is 4. The molecule has 106 valence electrons. The van der Waals surface area contributed by atoms with Crippen LogP contribution in [0, 0.1) is 27.7 Å². The van der Waals surface area contributed by atoms with Crippen molar-refractivity contribution in [1.82, 2.24) is 0 Å². The van der Waals surface area contributed by atoms with E-state index in [0.29, 0.717) is 0 Å². The largest absolute Gasteiger partial charge is 0.200 e. The summed E-state index contributed by atoms with van der Waals surface area (Å²) in [6, 6.07) is 13.0. The fourth-order valence-corrected chi connectivity index (χ4v) is 2.81. The fraction of sp³-hybridized carbons (Fsp3) is 0.444. The molecule has 0 amide bonds. The highest BCUT2D eigenvalue weighted by molar-refractivity contribution is 5.01. The van der Waals surface area contributed by atoms with Gasteiger partial charge >= 0.3 is 0 Å². The Hall–Kier alpha value is -1.70. The summed E-state index contributed by atoms with van der Waals surface area (Å²) in [6.45, 7) is 11.0. The monoisotopic (exact) mass is 270 g/mol. The maximum atomic E-state index is 2.41. The zero-order chi connectivity index (χ0) is 14.5. The van der Waals surface area contributed by atoms with Gasteiger partial charge < -0.3 is 0 Å². The Morgan fingerprint density at radius 2 is 0.900 bits per heavy atom. The van der Waals surface area contributed by atoms with Gasteiger partial charge in [0, 0.05) is 64.8 Å². The lowest BCUT2D eigenvalue weighted by molar-refractivity contribution is -0.719. The van der Waals surface area contributed by atoms with Gasteiger partial charge in [-0.1, -0.05) is 0 Å². The van der Waals surface area contributed by atoms with Gasteiger partial charge in [0.2, 0.25) is 0 Å². The molecule has 2 heteroatoms. The lowest BCUT2D eigenvalue weighted by Crippen LogP contribution is -2.42. The summed E-state index contributed by atoms with van der Waals surface area (Å²) in [4.78, 5) is 0. The van der Waals surface area contributed by atoms with Gasteiger partial charge in [-0.2, -0.15) is 0 Å². The number of nitrogens with zero attached hydrogens (tertiary/aromatic N) is 2. The number of hydrogen-bond acceptors (Lipinski definition) is 0. The molecule has 2 nitrogen and oxygen atoms in total. The predicted octanol–water partition coefficient (Wildman–Crippen LogP) is 2.98. The van der Waals surface area contributed by atoms with Crippen molar-refractivity contribution in [2.45, 2.75) is 53.6 Å². The van der Waals surface area contributed by atoms with Gasteiger partial charge in [0.25, 0.3) is 0 Å². The maximum absolute atomic E-state index is 2.41. The Bertz CT molecular complexity index is 494. The van der Waals surface area contributed by atoms with E-state index in [4.69, 9.17) is 0 Å². The molecule has 0 unspecified atom stereocenters. The summed E-state index contributed by atoms with van der Waals surface area (Å²) in [7, 11) is 0. The third kappa shape index (κ3) is 3.44. The summed E-state index contributed by atoms with van der Waals surface area (Å²) in [6.07, 6.45) is 2.44. The molecule has 2 aromatic heterocycles. The number of unbranched alkanes of at least 4 members (excludes halogenated alkanes) is 1. The Morgan fingerprint density at radius 3 is 1.20 bits per heavy atom. The highest BCUT2D eigenvalue weighted by atomic mass is 15.0. The van der Waals surface area contributed by atoms with Crippen LogP contribution in [0.15, 0.2) is 36.4 Å². The molecular formula is C18H26N2+2. The van der Waals surface area contributed by atoms with Crippen LogP contribution in [-0.4, -0.2) is 0 Å². The van der Waals surface area contributed by atoms with Crippen LogP contribution in [-0.2, 0) is 13.1 Å². The average molecular weight is 270 g/mol. The second-order valence-corrected chi connectivity index (χ2v) is 5.63. The van der Waals surface area contributed by atoms with Crippen molar-refractivity contribution >= 4 is 0 Å². The smallest absolute Gasteiger partial charge is 0.178 e. The molecule has 0 aliphatic heterocycles. The molecule has 0 saturated heterocycles. The normalized spacial score (nSPS) is 10.8. The summed E-state index contributed by atoms with van der Waals surface area (Å²) in [5, 5.41) is 0. The first-order valence-corrected chi connectivity index (χ1v) is 7.51. The minimum absolute atomic E-state index is 1.12. The van der Waals surface area contributed by atoms with Gasteiger partial charge in [-0.25, -0.2) is 9.13 Å². The first-order valence-electron chi connectivity index (χ1n) is 7.51. The molecule has 0 fully saturated rings. The molecule has 0 saturated carbocycles. The molecule has 0 aliphatic carbocycles. The van der Waals surface area contributed by atoms with E-state index < -0.39 is 0 Å². The highest BCUT2D eigenvalue weighted by Gasteiger charge is 2.12. The van der Waals surface area contributed by atoms with Crippen molar-refractivity contribution in [2.24, 2.45) is 0 Å². The fourth-order valence-electron chi connectivity index (χ4n) is 2.81. The van der Waals surface area contributed by atoms with Crippen LogP contribution in [0.1, 0.15) is 35.6 Å². The molecular weight excluding hydrogens is 244 g/mol. The summed E-state index contributed by atoms with van der Waals surface area (Å²) >= 11 is 0. The van der Waals surface area contributed by atoms with Gasteiger partial charge in [0.05, 0.1) is 0 Å². The van der Waals surface area contributed by atoms with E-state index >= 15 is 0 Å². The van der Waals surface area contributed by atoms with E-state index in [0.717, 1.165) is 13.1 Å². The van der Waals surface area contributed by atoms with E-state index in [9.17, 15) is 0 Å². The van der Waals surface area contributed by atoms with Crippen molar-refractivity contribution in [3.05, 3.63) is 59.2 Å². The van der Waals surface area contributed by atoms with Crippen LogP contribution < -0.4 is 9.13 Å². The Balaban J connectivity index is 1.91. The van der Waals surface area contributed by atoms with Gasteiger partial charge in [-0.3, -0.25) is 0 Å². The molecule has 0 N–H and O–H groups in total. The van der Waals surface area contributed by atoms with Crippen molar-refractivity contribution < 1.29 is 9.13 Å². The van der Waals surface area contributed by atoms with Crippen LogP contribution >= 0.6 is 0 Å². The number of rotatable bonds is 5. The van der Waals surface area contributed by atoms with Crippen molar-refractivity contribution in [3.63, 3.8) is 0 Å². The van der Waals surface area contributed by atoms with Gasteiger partial charge in [0.15, 0.2) is 22.8 Å². The molecule has 2 aromatic rings. The van der Waals surface area contributed by atoms with Crippen LogP contribution in [0.2, 0.25) is 0 Å². The minimum Gasteiger partial charge on any atom is -0.200 e. The quantitative estimate of drug-likeness (QED) is 0.583. The second-order valence-electron chi connectivity index (χ2n) is 5.63. The van der Waals surface area contributed by atoms with Crippen molar-refractivity contribution in [3.8, 4) is 0 Å². The third-order valence-corrected chi connectivity index (χ3v) is 4.07. The topological polar surface area (TPSA) is 7.76 Å². The molecule has 2 heterocycles. The molecule has 0 spiro atoms. The van der Waals surface area contributed by atoms with Crippen molar-refractivity contribution in [2.75, 3.05) is 0 Å². The second kappa shape index (κ2) is 6.65. The maximum Gasteiger partial charge on any atom is 0.178 e. The molecule has 0 aromatic carbocycles. The Kier molecular flexibility index (Phi) is 4.89. The first-order chi connectivity index (χ1) is 9.59. The number of aromatic nitrogens is 2. The van der Waals surface area contributed by atoms with Gasteiger partial charge in [-0.05, 0) is 12.1 Å². The molecule has 0 radical (unpaired) electrons. The van der Waals surface area contributed by atoms with Crippen LogP contribution in [0.4, 0.5) is 0 Å². The predicted molar refractivity (Wildman–Crippen MR) is 81.5 cm³/mol. The lowest BCUT2D eigenvalue weighted by atomic mass is 10.2. The van der Waals surface area contributed by atoms with E-state index in [1.54, 1.807) is 0 Å². The molecule has 2 rings (SSSR count). The number of hydrogen-bond donors (Lipinski definition) is 0. The molecule has 0 bridgehead atoms. The molecule has 20 heavy (non-hydrogen) atoms. The Morgan fingerprint density at radius 1 is 0.600 bits per heavy atom. The summed E-state index contributed by atoms with van der Waals surface area (Å²) in [5.74, 6) is 0. The summed E-state index contributed by atoms with van der Waals surface area (Å²) < 4.78 is 4.82. The zero-order valence-electron chi connectivity index (χ0n) is 13.2. The molecule has 0 aliphatic rings. The Labute approximate surface area is 122 Å². The third-order valence-electron chi connectivity index (χ3n) is 4.07. The zero-order valence-corrected chi connectivity index (χ0v) is 13.2. The standard InChI is InChI=1S/C18H26N2/c1-15-9-7-10-16(2)19(15)13-5-6-14-20-17(3)11-8-12-18(20)4/h7-12H,5-6,13-14H2,1-4H3/q+2. The van der Waals surface area contributed by atoms with Gasteiger partial charge in [0.1, 0.15) is 13.1 Å². The average Bonchev–Trinajstić information content (AvgIpc) is 2.40.